The molecule has 0 saturated carbocycles. The molecule has 0 spiro atoms. The molecule has 6 nitrogen and oxygen atoms in total. The highest BCUT2D eigenvalue weighted by atomic mass is 35.5. The minimum atomic E-state index is -0.897. The Balaban J connectivity index is 1.69. The zero-order chi connectivity index (χ0) is 17.8. The van der Waals surface area contributed by atoms with Gasteiger partial charge in [-0.15, -0.1) is 0 Å². The molecule has 0 saturated heterocycles. The van der Waals surface area contributed by atoms with Crippen molar-refractivity contribution in [2.45, 2.75) is 12.6 Å². The molecule has 0 aliphatic rings. The topological polar surface area (TPSA) is 88.1 Å². The molecule has 1 heterocycles. The lowest BCUT2D eigenvalue weighted by molar-refractivity contribution is 0.0915. The van der Waals surface area contributed by atoms with Crippen LogP contribution >= 0.6 is 11.6 Å². The summed E-state index contributed by atoms with van der Waals surface area (Å²) in [6, 6.07) is 13.5. The Morgan fingerprint density at radius 1 is 1.28 bits per heavy atom. The first-order chi connectivity index (χ1) is 12.1. The minimum Gasteiger partial charge on any atom is -0.491 e. The Labute approximate surface area is 148 Å². The van der Waals surface area contributed by atoms with E-state index >= 15 is 0 Å². The third-order valence-electron chi connectivity index (χ3n) is 3.62. The standard InChI is InChI=1S/C18H14ClN3O3/c19-13-3-6-17-16(7-13)18(24)22(11-21-17)9-14(23)10-25-15-4-1-12(8-20)2-5-15/h1-7,11,14,23H,9-10H2. The molecular formula is C18H14ClN3O3. The van der Waals surface area contributed by atoms with Crippen LogP contribution in [0, 0.1) is 11.3 Å². The van der Waals surface area contributed by atoms with Crippen molar-refractivity contribution in [2.24, 2.45) is 0 Å². The van der Waals surface area contributed by atoms with Crippen LogP contribution in [-0.2, 0) is 6.54 Å². The smallest absolute Gasteiger partial charge is 0.261 e. The molecule has 3 rings (SSSR count). The SMILES string of the molecule is N#Cc1ccc(OCC(O)Cn2cnc3ccc(Cl)cc3c2=O)cc1. The summed E-state index contributed by atoms with van der Waals surface area (Å²) in [5.41, 5.74) is 0.805. The molecule has 1 N–H and O–H groups in total. The van der Waals surface area contributed by atoms with Crippen LogP contribution in [0.3, 0.4) is 0 Å². The van der Waals surface area contributed by atoms with E-state index in [4.69, 9.17) is 21.6 Å². The number of benzene rings is 2. The van der Waals surface area contributed by atoms with Gasteiger partial charge in [0.05, 0.1) is 35.4 Å². The second-order valence-corrected chi connectivity index (χ2v) is 5.90. The molecule has 0 bridgehead atoms. The van der Waals surface area contributed by atoms with Crippen LogP contribution in [0.25, 0.3) is 10.9 Å². The average molecular weight is 356 g/mol. The van der Waals surface area contributed by atoms with Gasteiger partial charge in [-0.25, -0.2) is 4.98 Å². The van der Waals surface area contributed by atoms with Crippen molar-refractivity contribution in [1.29, 1.82) is 5.26 Å². The fourth-order valence-electron chi connectivity index (χ4n) is 2.36. The van der Waals surface area contributed by atoms with Crippen molar-refractivity contribution in [2.75, 3.05) is 6.61 Å². The van der Waals surface area contributed by atoms with Crippen LogP contribution in [0.5, 0.6) is 5.75 Å². The fourth-order valence-corrected chi connectivity index (χ4v) is 2.53. The van der Waals surface area contributed by atoms with E-state index < -0.39 is 6.10 Å². The first-order valence-electron chi connectivity index (χ1n) is 7.52. The molecule has 0 aliphatic carbocycles. The van der Waals surface area contributed by atoms with Gasteiger partial charge in [-0.05, 0) is 42.5 Å². The van der Waals surface area contributed by atoms with Gasteiger partial charge in [0.2, 0.25) is 0 Å². The van der Waals surface area contributed by atoms with Gasteiger partial charge >= 0.3 is 0 Å². The van der Waals surface area contributed by atoms with Gasteiger partial charge in [0.25, 0.3) is 5.56 Å². The van der Waals surface area contributed by atoms with E-state index in [-0.39, 0.29) is 18.7 Å². The third kappa shape index (κ3) is 3.97. The molecule has 1 atom stereocenters. The van der Waals surface area contributed by atoms with Crippen LogP contribution in [0.2, 0.25) is 5.02 Å². The zero-order valence-corrected chi connectivity index (χ0v) is 13.8. The Kier molecular flexibility index (Phi) is 4.98. The van der Waals surface area contributed by atoms with Crippen molar-refractivity contribution in [3.63, 3.8) is 0 Å². The molecular weight excluding hydrogens is 342 g/mol. The summed E-state index contributed by atoms with van der Waals surface area (Å²) in [6.45, 7) is 0.0521. The highest BCUT2D eigenvalue weighted by molar-refractivity contribution is 6.31. The number of aliphatic hydroxyl groups excluding tert-OH is 1. The van der Waals surface area contributed by atoms with Crippen LogP contribution < -0.4 is 10.3 Å². The van der Waals surface area contributed by atoms with Gasteiger partial charge in [-0.2, -0.15) is 5.26 Å². The Bertz CT molecular complexity index is 993. The number of ether oxygens (including phenoxy) is 1. The first kappa shape index (κ1) is 17.0. The maximum Gasteiger partial charge on any atom is 0.261 e. The number of nitrogens with zero attached hydrogens (tertiary/aromatic N) is 3. The second kappa shape index (κ2) is 7.34. The molecule has 126 valence electrons. The average Bonchev–Trinajstić information content (AvgIpc) is 2.63. The summed E-state index contributed by atoms with van der Waals surface area (Å²) in [4.78, 5) is 16.6. The van der Waals surface area contributed by atoms with Crippen molar-refractivity contribution in [3.05, 3.63) is 69.7 Å². The highest BCUT2D eigenvalue weighted by Crippen LogP contribution is 2.14. The normalized spacial score (nSPS) is 11.9. The molecule has 0 radical (unpaired) electrons. The van der Waals surface area contributed by atoms with Crippen molar-refractivity contribution in [1.82, 2.24) is 9.55 Å². The van der Waals surface area contributed by atoms with E-state index in [0.717, 1.165) is 0 Å². The summed E-state index contributed by atoms with van der Waals surface area (Å²) < 4.78 is 6.79. The molecule has 2 aromatic carbocycles. The third-order valence-corrected chi connectivity index (χ3v) is 3.85. The molecule has 1 aromatic heterocycles. The summed E-state index contributed by atoms with van der Waals surface area (Å²) in [6.07, 6.45) is 0.496. The van der Waals surface area contributed by atoms with Crippen LogP contribution in [-0.4, -0.2) is 27.4 Å². The number of aromatic nitrogens is 2. The molecule has 0 aliphatic heterocycles. The van der Waals surface area contributed by atoms with E-state index in [0.29, 0.717) is 27.2 Å². The molecule has 1 unspecified atom stereocenters. The number of hydrogen-bond acceptors (Lipinski definition) is 5. The number of halogens is 1. The lowest BCUT2D eigenvalue weighted by atomic mass is 10.2. The highest BCUT2D eigenvalue weighted by Gasteiger charge is 2.10. The Hall–Kier alpha value is -2.88. The van der Waals surface area contributed by atoms with Crippen LogP contribution in [0.15, 0.2) is 53.6 Å². The number of nitriles is 1. The second-order valence-electron chi connectivity index (χ2n) is 5.46. The van der Waals surface area contributed by atoms with Crippen molar-refractivity contribution < 1.29 is 9.84 Å². The van der Waals surface area contributed by atoms with E-state index in [1.165, 1.54) is 10.9 Å². The van der Waals surface area contributed by atoms with Gasteiger partial charge in [-0.1, -0.05) is 11.6 Å². The molecule has 25 heavy (non-hydrogen) atoms. The summed E-state index contributed by atoms with van der Waals surface area (Å²) >= 11 is 5.92. The lowest BCUT2D eigenvalue weighted by Gasteiger charge is -2.14. The van der Waals surface area contributed by atoms with Crippen LogP contribution in [0.1, 0.15) is 5.56 Å². The van der Waals surface area contributed by atoms with Crippen molar-refractivity contribution >= 4 is 22.5 Å². The zero-order valence-electron chi connectivity index (χ0n) is 13.1. The van der Waals surface area contributed by atoms with E-state index in [9.17, 15) is 9.90 Å². The molecule has 0 amide bonds. The lowest BCUT2D eigenvalue weighted by Crippen LogP contribution is -2.30. The van der Waals surface area contributed by atoms with Gasteiger partial charge in [-0.3, -0.25) is 9.36 Å². The molecule has 3 aromatic rings. The minimum absolute atomic E-state index is 0.00588. The van der Waals surface area contributed by atoms with Gasteiger partial charge < -0.3 is 9.84 Å². The predicted molar refractivity (Wildman–Crippen MR) is 93.7 cm³/mol. The van der Waals surface area contributed by atoms with Gasteiger partial charge in [0.15, 0.2) is 0 Å². The monoisotopic (exact) mass is 355 g/mol. The predicted octanol–water partition coefficient (Wildman–Crippen LogP) is 2.36. The van der Waals surface area contributed by atoms with Crippen molar-refractivity contribution in [3.8, 4) is 11.8 Å². The molecule has 0 fully saturated rings. The maximum absolute atomic E-state index is 12.4. The summed E-state index contributed by atoms with van der Waals surface area (Å²) in [5, 5.41) is 19.7. The summed E-state index contributed by atoms with van der Waals surface area (Å²) in [5.74, 6) is 0.536. The number of hydrogen-bond donors (Lipinski definition) is 1. The fraction of sp³-hybridized carbons (Fsp3) is 0.167. The quantitative estimate of drug-likeness (QED) is 0.759. The van der Waals surface area contributed by atoms with Gasteiger partial charge in [0.1, 0.15) is 18.5 Å². The maximum atomic E-state index is 12.4. The van der Waals surface area contributed by atoms with E-state index in [1.807, 2.05) is 6.07 Å². The number of fused-ring (bicyclic) bond motifs is 1. The largest absolute Gasteiger partial charge is 0.491 e. The number of rotatable bonds is 5. The van der Waals surface area contributed by atoms with Gasteiger partial charge in [0, 0.05) is 5.02 Å². The van der Waals surface area contributed by atoms with Crippen LogP contribution in [0.4, 0.5) is 0 Å². The Morgan fingerprint density at radius 3 is 2.76 bits per heavy atom. The van der Waals surface area contributed by atoms with E-state index in [1.54, 1.807) is 42.5 Å². The molecule has 7 heteroatoms. The van der Waals surface area contributed by atoms with E-state index in [2.05, 4.69) is 4.98 Å². The number of aliphatic hydroxyl groups is 1. The first-order valence-corrected chi connectivity index (χ1v) is 7.90. The Morgan fingerprint density at radius 2 is 2.04 bits per heavy atom. The summed E-state index contributed by atoms with van der Waals surface area (Å²) in [7, 11) is 0.